The van der Waals surface area contributed by atoms with Crippen molar-refractivity contribution in [2.24, 2.45) is 0 Å². The number of nitrogens with zero attached hydrogens (tertiary/aromatic N) is 2. The molecule has 0 aliphatic rings. The molecule has 134 valence electrons. The van der Waals surface area contributed by atoms with Crippen LogP contribution in [0.2, 0.25) is 0 Å². The summed E-state index contributed by atoms with van der Waals surface area (Å²) in [5.74, 6) is -0.0615. The quantitative estimate of drug-likeness (QED) is 0.829. The first-order valence-corrected chi connectivity index (χ1v) is 7.90. The van der Waals surface area contributed by atoms with Gasteiger partial charge >= 0.3 is 6.18 Å². The molecule has 0 spiro atoms. The molecule has 0 aliphatic carbocycles. The van der Waals surface area contributed by atoms with Crippen molar-refractivity contribution in [3.63, 3.8) is 0 Å². The summed E-state index contributed by atoms with van der Waals surface area (Å²) in [5.41, 5.74) is 0.733. The van der Waals surface area contributed by atoms with Crippen molar-refractivity contribution in [3.05, 3.63) is 59.9 Å². The van der Waals surface area contributed by atoms with Gasteiger partial charge in [-0.25, -0.2) is 0 Å². The molecule has 0 aliphatic heterocycles. The summed E-state index contributed by atoms with van der Waals surface area (Å²) in [4.78, 5) is 17.6. The van der Waals surface area contributed by atoms with E-state index in [0.717, 1.165) is 24.1 Å². The molecule has 0 unspecified atom stereocenters. The fraction of sp³-hybridized carbons (Fsp3) is 0.333. The normalized spacial score (nSPS) is 11.2. The molecule has 1 aromatic carbocycles. The minimum atomic E-state index is -4.37. The van der Waals surface area contributed by atoms with Crippen LogP contribution in [0.3, 0.4) is 0 Å². The maximum atomic E-state index is 12.7. The number of aromatic nitrogens is 1. The number of amides is 1. The number of pyridine rings is 1. The van der Waals surface area contributed by atoms with E-state index in [-0.39, 0.29) is 18.9 Å². The van der Waals surface area contributed by atoms with E-state index in [1.54, 1.807) is 30.4 Å². The summed E-state index contributed by atoms with van der Waals surface area (Å²) < 4.78 is 38.0. The minimum Gasteiger partial charge on any atom is -0.385 e. The van der Waals surface area contributed by atoms with Crippen molar-refractivity contribution in [3.8, 4) is 0 Å². The fourth-order valence-corrected chi connectivity index (χ4v) is 2.28. The predicted molar refractivity (Wildman–Crippen MR) is 90.1 cm³/mol. The summed E-state index contributed by atoms with van der Waals surface area (Å²) in [7, 11) is 1.72. The van der Waals surface area contributed by atoms with E-state index in [9.17, 15) is 18.0 Å². The van der Waals surface area contributed by atoms with Crippen molar-refractivity contribution in [1.82, 2.24) is 9.88 Å². The highest BCUT2D eigenvalue weighted by Gasteiger charge is 2.30. The second-order valence-electron chi connectivity index (χ2n) is 5.68. The number of anilines is 1. The predicted octanol–water partition coefficient (Wildman–Crippen LogP) is 3.60. The second-order valence-corrected chi connectivity index (χ2v) is 5.68. The molecule has 0 bridgehead atoms. The van der Waals surface area contributed by atoms with Crippen molar-refractivity contribution >= 4 is 11.6 Å². The molecule has 4 nitrogen and oxygen atoms in total. The Kier molecular flexibility index (Phi) is 6.38. The van der Waals surface area contributed by atoms with Gasteiger partial charge in [0, 0.05) is 44.6 Å². The van der Waals surface area contributed by atoms with E-state index >= 15 is 0 Å². The molecule has 0 radical (unpaired) electrons. The van der Waals surface area contributed by atoms with Gasteiger partial charge in [0.25, 0.3) is 0 Å². The number of likely N-dealkylation sites (N-methyl/N-ethyl adjacent to an activating group) is 1. The Balaban J connectivity index is 1.76. The van der Waals surface area contributed by atoms with Crippen LogP contribution in [0.15, 0.2) is 48.8 Å². The van der Waals surface area contributed by atoms with Gasteiger partial charge in [-0.05, 0) is 42.3 Å². The maximum absolute atomic E-state index is 12.7. The zero-order valence-corrected chi connectivity index (χ0v) is 13.9. The smallest absolute Gasteiger partial charge is 0.385 e. The lowest BCUT2D eigenvalue weighted by atomic mass is 10.2. The van der Waals surface area contributed by atoms with Gasteiger partial charge in [0.05, 0.1) is 5.56 Å². The van der Waals surface area contributed by atoms with Crippen LogP contribution in [0.4, 0.5) is 18.9 Å². The summed E-state index contributed by atoms with van der Waals surface area (Å²) in [6.45, 7) is 0.853. The van der Waals surface area contributed by atoms with Crippen molar-refractivity contribution in [2.75, 3.05) is 25.5 Å². The Morgan fingerprint density at radius 3 is 2.60 bits per heavy atom. The fourth-order valence-electron chi connectivity index (χ4n) is 2.28. The number of hydrogen-bond acceptors (Lipinski definition) is 3. The molecule has 2 aromatic rings. The highest BCUT2D eigenvalue weighted by atomic mass is 19.4. The van der Waals surface area contributed by atoms with Crippen LogP contribution in [0.25, 0.3) is 0 Å². The zero-order chi connectivity index (χ0) is 18.3. The summed E-state index contributed by atoms with van der Waals surface area (Å²) >= 11 is 0. The number of alkyl halides is 3. The Morgan fingerprint density at radius 2 is 1.92 bits per heavy atom. The minimum absolute atomic E-state index is 0.0615. The lowest BCUT2D eigenvalue weighted by molar-refractivity contribution is -0.137. The summed E-state index contributed by atoms with van der Waals surface area (Å²) in [6.07, 6.45) is -0.0259. The van der Waals surface area contributed by atoms with Crippen molar-refractivity contribution < 1.29 is 18.0 Å². The Morgan fingerprint density at radius 1 is 1.20 bits per heavy atom. The van der Waals surface area contributed by atoms with Gasteiger partial charge in [0.15, 0.2) is 0 Å². The van der Waals surface area contributed by atoms with Crippen LogP contribution < -0.4 is 5.32 Å². The van der Waals surface area contributed by atoms with Gasteiger partial charge in [-0.2, -0.15) is 13.2 Å². The lowest BCUT2D eigenvalue weighted by Gasteiger charge is -2.17. The number of halogens is 3. The Labute approximate surface area is 144 Å². The largest absolute Gasteiger partial charge is 0.416 e. The summed E-state index contributed by atoms with van der Waals surface area (Å²) in [5, 5.41) is 2.86. The van der Waals surface area contributed by atoms with Gasteiger partial charge in [0.2, 0.25) is 5.91 Å². The average Bonchev–Trinajstić information content (AvgIpc) is 2.60. The highest BCUT2D eigenvalue weighted by Crippen LogP contribution is 2.30. The van der Waals surface area contributed by atoms with Gasteiger partial charge in [-0.1, -0.05) is 6.07 Å². The zero-order valence-electron chi connectivity index (χ0n) is 13.9. The Hall–Kier alpha value is -2.57. The molecule has 1 heterocycles. The topological polar surface area (TPSA) is 45.2 Å². The third-order valence-electron chi connectivity index (χ3n) is 3.77. The molecule has 1 N–H and O–H groups in total. The second kappa shape index (κ2) is 8.50. The lowest BCUT2D eigenvalue weighted by Crippen LogP contribution is -2.30. The van der Waals surface area contributed by atoms with E-state index in [2.05, 4.69) is 10.3 Å². The number of rotatable bonds is 7. The van der Waals surface area contributed by atoms with Crippen LogP contribution in [-0.4, -0.2) is 35.9 Å². The molecule has 0 saturated heterocycles. The third kappa shape index (κ3) is 6.10. The van der Waals surface area contributed by atoms with E-state index in [4.69, 9.17) is 0 Å². The molecule has 1 aromatic heterocycles. The van der Waals surface area contributed by atoms with E-state index in [0.29, 0.717) is 12.2 Å². The number of carbonyl (C=O) groups is 1. The Bertz CT molecular complexity index is 689. The molecule has 0 atom stereocenters. The number of hydrogen-bond donors (Lipinski definition) is 1. The van der Waals surface area contributed by atoms with Crippen LogP contribution in [0.1, 0.15) is 17.5 Å². The first-order chi connectivity index (χ1) is 11.9. The summed E-state index contributed by atoms with van der Waals surface area (Å²) in [6, 6.07) is 8.74. The molecule has 1 amide bonds. The first kappa shape index (κ1) is 18.8. The van der Waals surface area contributed by atoms with Crippen LogP contribution in [-0.2, 0) is 17.4 Å². The van der Waals surface area contributed by atoms with E-state index in [1.807, 2.05) is 12.1 Å². The number of nitrogens with one attached hydrogen (secondary N) is 1. The molecule has 7 heteroatoms. The molecular weight excluding hydrogens is 331 g/mol. The van der Waals surface area contributed by atoms with Gasteiger partial charge < -0.3 is 10.2 Å². The number of benzene rings is 1. The molecule has 25 heavy (non-hydrogen) atoms. The van der Waals surface area contributed by atoms with Gasteiger partial charge in [-0.3, -0.25) is 9.78 Å². The molecule has 2 rings (SSSR count). The number of carbonyl (C=O) groups excluding carboxylic acids is 1. The van der Waals surface area contributed by atoms with Gasteiger partial charge in [-0.15, -0.1) is 0 Å². The van der Waals surface area contributed by atoms with E-state index in [1.165, 1.54) is 6.07 Å². The molecule has 0 fully saturated rings. The monoisotopic (exact) mass is 351 g/mol. The van der Waals surface area contributed by atoms with Gasteiger partial charge in [0.1, 0.15) is 0 Å². The third-order valence-corrected chi connectivity index (χ3v) is 3.77. The molecule has 0 saturated carbocycles. The van der Waals surface area contributed by atoms with Crippen molar-refractivity contribution in [2.45, 2.75) is 19.0 Å². The molecular formula is C18H20F3N3O. The first-order valence-electron chi connectivity index (χ1n) is 7.90. The van der Waals surface area contributed by atoms with Crippen LogP contribution in [0, 0.1) is 0 Å². The maximum Gasteiger partial charge on any atom is 0.416 e. The standard InChI is InChI=1S/C18H20F3N3O/c1-24(12-8-14-5-9-22-10-6-14)17(25)7-11-23-16-4-2-3-15(13-16)18(19,20)21/h2-6,9-10,13,23H,7-8,11-12H2,1H3. The van der Waals surface area contributed by atoms with Crippen LogP contribution in [0.5, 0.6) is 0 Å². The van der Waals surface area contributed by atoms with Crippen LogP contribution >= 0.6 is 0 Å². The van der Waals surface area contributed by atoms with Crippen molar-refractivity contribution in [1.29, 1.82) is 0 Å². The highest BCUT2D eigenvalue weighted by molar-refractivity contribution is 5.76. The average molecular weight is 351 g/mol. The van der Waals surface area contributed by atoms with E-state index < -0.39 is 11.7 Å². The SMILES string of the molecule is CN(CCc1ccncc1)C(=O)CCNc1cccc(C(F)(F)F)c1.